The Morgan fingerprint density at radius 1 is 1.24 bits per heavy atom. The lowest BCUT2D eigenvalue weighted by Crippen LogP contribution is -2.43. The molecule has 1 atom stereocenters. The monoisotopic (exact) mass is 559 g/mol. The zero-order valence-electron chi connectivity index (χ0n) is 22.1. The Labute approximate surface area is 227 Å². The van der Waals surface area contributed by atoms with Crippen LogP contribution in [0.5, 0.6) is 5.88 Å². The fourth-order valence-corrected chi connectivity index (χ4v) is 6.40. The molecule has 11 nitrogen and oxygen atoms in total. The van der Waals surface area contributed by atoms with Gasteiger partial charge in [0.05, 0.1) is 46.6 Å². The number of nitrogens with one attached hydrogen (secondary N) is 2. The minimum absolute atomic E-state index is 0.264. The number of pyridine rings is 1. The Kier molecular flexibility index (Phi) is 8.28. The molecule has 1 aliphatic rings. The average molecular weight is 560 g/mol. The van der Waals surface area contributed by atoms with E-state index in [2.05, 4.69) is 30.0 Å². The van der Waals surface area contributed by atoms with Gasteiger partial charge in [-0.1, -0.05) is 13.8 Å². The molecule has 204 valence electrons. The number of thiazole rings is 1. The summed E-state index contributed by atoms with van der Waals surface area (Å²) in [5, 5.41) is 3.01. The second kappa shape index (κ2) is 11.3. The minimum atomic E-state index is -3.44. The number of carbonyl (C=O) groups excluding carboxylic acids is 1. The van der Waals surface area contributed by atoms with Crippen LogP contribution in [0.1, 0.15) is 55.2 Å². The first-order valence-corrected chi connectivity index (χ1v) is 14.7. The van der Waals surface area contributed by atoms with E-state index in [0.717, 1.165) is 0 Å². The van der Waals surface area contributed by atoms with Crippen molar-refractivity contribution >= 4 is 33.0 Å². The van der Waals surface area contributed by atoms with Crippen LogP contribution in [0.15, 0.2) is 36.9 Å². The molecule has 1 amide bonds. The summed E-state index contributed by atoms with van der Waals surface area (Å²) in [4.78, 5) is 33.5. The molecular weight excluding hydrogens is 526 g/mol. The molecule has 0 aliphatic heterocycles. The van der Waals surface area contributed by atoms with Gasteiger partial charge in [0.2, 0.25) is 15.9 Å². The van der Waals surface area contributed by atoms with Crippen molar-refractivity contribution in [1.29, 1.82) is 0 Å². The number of hydrogen-bond acceptors (Lipinski definition) is 10. The number of rotatable bonds is 12. The molecule has 4 rings (SSSR count). The summed E-state index contributed by atoms with van der Waals surface area (Å²) < 4.78 is 33.1. The molecule has 1 saturated carbocycles. The van der Waals surface area contributed by atoms with Crippen molar-refractivity contribution in [2.24, 2.45) is 5.41 Å². The number of hydrogen-bond donors (Lipinski definition) is 2. The van der Waals surface area contributed by atoms with Crippen molar-refractivity contribution in [3.05, 3.63) is 47.6 Å². The Morgan fingerprint density at radius 3 is 2.68 bits per heavy atom. The molecule has 0 bridgehead atoms. The van der Waals surface area contributed by atoms with Gasteiger partial charge in [0.15, 0.2) is 5.01 Å². The predicted octanol–water partition coefficient (Wildman–Crippen LogP) is 3.36. The maximum absolute atomic E-state index is 13.4. The number of anilines is 1. The van der Waals surface area contributed by atoms with Gasteiger partial charge in [0.25, 0.3) is 5.91 Å². The van der Waals surface area contributed by atoms with Gasteiger partial charge >= 0.3 is 0 Å². The smallest absolute Gasteiger partial charge is 0.280 e. The van der Waals surface area contributed by atoms with E-state index in [9.17, 15) is 13.2 Å². The predicted molar refractivity (Wildman–Crippen MR) is 147 cm³/mol. The van der Waals surface area contributed by atoms with E-state index in [1.54, 1.807) is 30.7 Å². The van der Waals surface area contributed by atoms with Gasteiger partial charge in [-0.3, -0.25) is 19.5 Å². The third-order valence-corrected chi connectivity index (χ3v) is 8.83. The van der Waals surface area contributed by atoms with E-state index in [1.807, 2.05) is 39.8 Å². The average Bonchev–Trinajstić information content (AvgIpc) is 3.60. The summed E-state index contributed by atoms with van der Waals surface area (Å²) >= 11 is 1.20. The standard InChI is InChI=1S/C25H33N7O4S2/c1-6-36-21-14-26-12-19(29-21)20-13-28-24(37-20)23(33)30-22(25(2,3)15-32(4)5)18-11-16(9-10-27-18)31-38(34,35)17-7-8-17/h9-14,17,22H,6-8,15H2,1-5H3,(H,27,31)(H,30,33)/t22-/m0/s1. The first kappa shape index (κ1) is 27.9. The van der Waals surface area contributed by atoms with Gasteiger partial charge in [0, 0.05) is 24.4 Å². The normalized spacial score (nSPS) is 14.8. The SMILES string of the molecule is CCOc1cncc(-c2cnc(C(=O)N[C@@H](c3cc(NS(=O)(=O)C4CC4)ccn3)C(C)(C)CN(C)C)s2)n1. The lowest BCUT2D eigenvalue weighted by atomic mass is 9.81. The van der Waals surface area contributed by atoms with Crippen LogP contribution >= 0.6 is 11.3 Å². The van der Waals surface area contributed by atoms with Crippen molar-refractivity contribution in [1.82, 2.24) is 30.2 Å². The first-order valence-electron chi connectivity index (χ1n) is 12.3. The number of sulfonamides is 1. The van der Waals surface area contributed by atoms with E-state index in [4.69, 9.17) is 4.74 Å². The van der Waals surface area contributed by atoms with E-state index in [0.29, 0.717) is 53.8 Å². The third-order valence-electron chi connectivity index (χ3n) is 5.94. The molecule has 3 aromatic rings. The quantitative estimate of drug-likeness (QED) is 0.342. The molecule has 38 heavy (non-hydrogen) atoms. The molecule has 3 heterocycles. The van der Waals surface area contributed by atoms with Crippen molar-refractivity contribution < 1.29 is 17.9 Å². The van der Waals surface area contributed by atoms with Crippen LogP contribution in [0.4, 0.5) is 5.69 Å². The first-order chi connectivity index (χ1) is 18.0. The maximum atomic E-state index is 13.4. The zero-order valence-corrected chi connectivity index (χ0v) is 23.8. The fourth-order valence-electron chi connectivity index (χ4n) is 4.25. The van der Waals surface area contributed by atoms with Crippen LogP contribution in [0.2, 0.25) is 0 Å². The van der Waals surface area contributed by atoms with Crippen LogP contribution < -0.4 is 14.8 Å². The van der Waals surface area contributed by atoms with Crippen LogP contribution in [0.3, 0.4) is 0 Å². The molecule has 1 fully saturated rings. The Hall–Kier alpha value is -3.16. The summed E-state index contributed by atoms with van der Waals surface area (Å²) in [7, 11) is 0.479. The number of nitrogens with zero attached hydrogens (tertiary/aromatic N) is 5. The summed E-state index contributed by atoms with van der Waals surface area (Å²) in [6, 6.07) is 2.77. The van der Waals surface area contributed by atoms with Gasteiger partial charge in [0.1, 0.15) is 5.69 Å². The van der Waals surface area contributed by atoms with Gasteiger partial charge < -0.3 is 15.0 Å². The summed E-state index contributed by atoms with van der Waals surface area (Å²) in [6.07, 6.45) is 7.60. The Bertz CT molecular complexity index is 1390. The van der Waals surface area contributed by atoms with E-state index in [-0.39, 0.29) is 16.2 Å². The largest absolute Gasteiger partial charge is 0.477 e. The number of ether oxygens (including phenoxy) is 1. The van der Waals surface area contributed by atoms with Crippen LogP contribution in [0.25, 0.3) is 10.6 Å². The molecule has 13 heteroatoms. The van der Waals surface area contributed by atoms with Crippen molar-refractivity contribution in [3.8, 4) is 16.5 Å². The second-order valence-corrected chi connectivity index (χ2v) is 13.1. The Morgan fingerprint density at radius 2 is 2.00 bits per heavy atom. The summed E-state index contributed by atoms with van der Waals surface area (Å²) in [5.41, 5.74) is 1.08. The van der Waals surface area contributed by atoms with Crippen molar-refractivity contribution in [2.45, 2.75) is 44.9 Å². The topological polar surface area (TPSA) is 139 Å². The highest BCUT2D eigenvalue weighted by atomic mass is 32.2. The number of carbonyl (C=O) groups is 1. The highest BCUT2D eigenvalue weighted by Gasteiger charge is 2.37. The fraction of sp³-hybridized carbons (Fsp3) is 0.480. The minimum Gasteiger partial charge on any atom is -0.477 e. The van der Waals surface area contributed by atoms with Crippen LogP contribution in [0, 0.1) is 5.41 Å². The summed E-state index contributed by atoms with van der Waals surface area (Å²) in [6.45, 7) is 7.03. The van der Waals surface area contributed by atoms with Gasteiger partial charge in [-0.2, -0.15) is 0 Å². The molecule has 1 aliphatic carbocycles. The molecule has 0 unspecified atom stereocenters. The lowest BCUT2D eigenvalue weighted by molar-refractivity contribution is 0.0868. The number of amides is 1. The highest BCUT2D eigenvalue weighted by molar-refractivity contribution is 7.93. The van der Waals surface area contributed by atoms with Crippen LogP contribution in [-0.4, -0.2) is 71.7 Å². The summed E-state index contributed by atoms with van der Waals surface area (Å²) in [5.74, 6) is 0.0379. The highest BCUT2D eigenvalue weighted by Crippen LogP contribution is 2.36. The van der Waals surface area contributed by atoms with Gasteiger partial charge in [-0.15, -0.1) is 11.3 Å². The van der Waals surface area contributed by atoms with Gasteiger partial charge in [-0.05, 0) is 46.0 Å². The van der Waals surface area contributed by atoms with Crippen molar-refractivity contribution in [2.75, 3.05) is 32.0 Å². The van der Waals surface area contributed by atoms with E-state index < -0.39 is 21.5 Å². The second-order valence-electron chi connectivity index (χ2n) is 10.2. The van der Waals surface area contributed by atoms with Gasteiger partial charge in [-0.25, -0.2) is 18.4 Å². The molecular formula is C25H33N7O4S2. The van der Waals surface area contributed by atoms with E-state index >= 15 is 0 Å². The Balaban J connectivity index is 1.59. The van der Waals surface area contributed by atoms with Crippen molar-refractivity contribution in [3.63, 3.8) is 0 Å². The molecule has 2 N–H and O–H groups in total. The molecule has 0 spiro atoms. The van der Waals surface area contributed by atoms with E-state index in [1.165, 1.54) is 17.5 Å². The zero-order chi connectivity index (χ0) is 27.5. The molecule has 3 aromatic heterocycles. The van der Waals surface area contributed by atoms with Crippen LogP contribution in [-0.2, 0) is 10.0 Å². The molecule has 0 radical (unpaired) electrons. The maximum Gasteiger partial charge on any atom is 0.280 e. The number of aromatic nitrogens is 4. The lowest BCUT2D eigenvalue weighted by Gasteiger charge is -2.36. The molecule has 0 saturated heterocycles. The third kappa shape index (κ3) is 6.83. The molecule has 0 aromatic carbocycles.